The van der Waals surface area contributed by atoms with E-state index in [0.717, 1.165) is 5.56 Å². The lowest BCUT2D eigenvalue weighted by atomic mass is 9.96. The maximum absolute atomic E-state index is 13.6. The molecule has 0 N–H and O–H groups in total. The Kier molecular flexibility index (Phi) is 7.67. The van der Waals surface area contributed by atoms with E-state index in [9.17, 15) is 19.7 Å². The largest absolute Gasteiger partial charge is 0.479 e. The maximum atomic E-state index is 13.6. The summed E-state index contributed by atoms with van der Waals surface area (Å²) in [4.78, 5) is 42.3. The zero-order chi connectivity index (χ0) is 28.4. The fraction of sp³-hybridized carbons (Fsp3) is 0.179. The molecule has 2 aromatic heterocycles. The molecule has 1 atom stereocenters. The van der Waals surface area contributed by atoms with E-state index in [2.05, 4.69) is 4.99 Å². The fourth-order valence-corrected chi connectivity index (χ4v) is 5.52. The van der Waals surface area contributed by atoms with Gasteiger partial charge in [0.2, 0.25) is 0 Å². The normalized spacial score (nSPS) is 15.0. The van der Waals surface area contributed by atoms with E-state index in [4.69, 9.17) is 25.5 Å². The molecule has 0 aliphatic carbocycles. The van der Waals surface area contributed by atoms with Crippen molar-refractivity contribution in [1.29, 1.82) is 0 Å². The molecule has 0 fully saturated rings. The highest BCUT2D eigenvalue weighted by Crippen LogP contribution is 2.31. The molecule has 0 saturated carbocycles. The molecule has 0 spiro atoms. The van der Waals surface area contributed by atoms with Crippen LogP contribution in [0.5, 0.6) is 5.75 Å². The van der Waals surface area contributed by atoms with Gasteiger partial charge in [0.05, 0.1) is 33.4 Å². The van der Waals surface area contributed by atoms with E-state index >= 15 is 0 Å². The summed E-state index contributed by atoms with van der Waals surface area (Å²) < 4.78 is 18.5. The van der Waals surface area contributed by atoms with Gasteiger partial charge < -0.3 is 13.9 Å². The molecule has 0 saturated heterocycles. The predicted octanol–water partition coefficient (Wildman–Crippen LogP) is 4.53. The summed E-state index contributed by atoms with van der Waals surface area (Å²) in [7, 11) is 0. The second kappa shape index (κ2) is 11.3. The Hall–Kier alpha value is -4.48. The topological polar surface area (TPSA) is 126 Å². The van der Waals surface area contributed by atoms with Gasteiger partial charge in [0, 0.05) is 17.2 Å². The van der Waals surface area contributed by atoms with E-state index in [1.165, 1.54) is 34.1 Å². The van der Waals surface area contributed by atoms with Gasteiger partial charge in [-0.15, -0.1) is 0 Å². The number of allylic oxidation sites excluding steroid dienone is 1. The van der Waals surface area contributed by atoms with Crippen molar-refractivity contribution < 1.29 is 23.6 Å². The van der Waals surface area contributed by atoms with Crippen molar-refractivity contribution in [1.82, 2.24) is 4.57 Å². The van der Waals surface area contributed by atoms with Crippen molar-refractivity contribution in [2.75, 3.05) is 6.61 Å². The average molecular weight is 580 g/mol. The Balaban J connectivity index is 1.48. The quantitative estimate of drug-likeness (QED) is 0.170. The molecule has 10 nitrogen and oxygen atoms in total. The van der Waals surface area contributed by atoms with Crippen molar-refractivity contribution in [3.63, 3.8) is 0 Å². The van der Waals surface area contributed by atoms with Gasteiger partial charge >= 0.3 is 11.7 Å². The van der Waals surface area contributed by atoms with Crippen LogP contribution in [0.25, 0.3) is 6.08 Å². The van der Waals surface area contributed by atoms with Crippen molar-refractivity contribution in [2.24, 2.45) is 4.99 Å². The molecule has 0 amide bonds. The lowest BCUT2D eigenvalue weighted by Crippen LogP contribution is -2.39. The minimum Gasteiger partial charge on any atom is -0.479 e. The Morgan fingerprint density at radius 1 is 1.23 bits per heavy atom. The Morgan fingerprint density at radius 2 is 2.00 bits per heavy atom. The van der Waals surface area contributed by atoms with Crippen molar-refractivity contribution in [3.8, 4) is 5.75 Å². The first-order valence-electron chi connectivity index (χ1n) is 12.2. The molecule has 0 unspecified atom stereocenters. The summed E-state index contributed by atoms with van der Waals surface area (Å²) in [6, 6.07) is 16.0. The van der Waals surface area contributed by atoms with Crippen LogP contribution in [0.3, 0.4) is 0 Å². The molecule has 40 heavy (non-hydrogen) atoms. The number of benzene rings is 2. The van der Waals surface area contributed by atoms with Gasteiger partial charge in [-0.2, -0.15) is 0 Å². The van der Waals surface area contributed by atoms with Crippen LogP contribution in [-0.2, 0) is 16.1 Å². The van der Waals surface area contributed by atoms with Crippen molar-refractivity contribution >= 4 is 40.7 Å². The van der Waals surface area contributed by atoms with Gasteiger partial charge in [-0.3, -0.25) is 19.5 Å². The SMILES string of the molecule is CCOC(=O)C1=C(C)N=c2sc(=Cc3ccc(COc4ccc(Cl)cc4[N+](=O)[O-])o3)c(=O)n2[C@@H]1c1ccccc1. The second-order valence-corrected chi connectivity index (χ2v) is 10.1. The van der Waals surface area contributed by atoms with Gasteiger partial charge in [0.15, 0.2) is 10.6 Å². The molecule has 1 aliphatic rings. The molecule has 5 rings (SSSR count). The third-order valence-electron chi connectivity index (χ3n) is 6.08. The van der Waals surface area contributed by atoms with Gasteiger partial charge in [-0.1, -0.05) is 53.3 Å². The number of nitro benzene ring substituents is 1. The number of hydrogen-bond acceptors (Lipinski definition) is 9. The first-order valence-corrected chi connectivity index (χ1v) is 13.4. The highest BCUT2D eigenvalue weighted by atomic mass is 35.5. The summed E-state index contributed by atoms with van der Waals surface area (Å²) >= 11 is 7.03. The standard InChI is InChI=1S/C28H22ClN3O7S/c1-3-37-27(34)24-16(2)30-28-31(25(24)17-7-5-4-6-8-17)26(33)23(40-28)14-19-10-11-20(39-19)15-38-22-12-9-18(29)13-21(22)32(35)36/h4-14,25H,3,15H2,1-2H3/t25-/m1/s1. The molecular weight excluding hydrogens is 558 g/mol. The number of rotatable bonds is 8. The minimum atomic E-state index is -0.700. The highest BCUT2D eigenvalue weighted by molar-refractivity contribution is 7.07. The van der Waals surface area contributed by atoms with Crippen LogP contribution in [0.15, 0.2) is 86.1 Å². The second-order valence-electron chi connectivity index (χ2n) is 8.67. The van der Waals surface area contributed by atoms with Crippen LogP contribution in [0, 0.1) is 10.1 Å². The van der Waals surface area contributed by atoms with Crippen LogP contribution < -0.4 is 19.6 Å². The number of halogens is 1. The Labute approximate surface area is 236 Å². The van der Waals surface area contributed by atoms with Crippen LogP contribution >= 0.6 is 22.9 Å². The number of esters is 1. The molecule has 12 heteroatoms. The van der Waals surface area contributed by atoms with Crippen LogP contribution in [0.4, 0.5) is 5.69 Å². The number of ether oxygens (including phenoxy) is 2. The van der Waals surface area contributed by atoms with Crippen molar-refractivity contribution in [2.45, 2.75) is 26.5 Å². The molecule has 0 radical (unpaired) electrons. The summed E-state index contributed by atoms with van der Waals surface area (Å²) in [5.41, 5.74) is 0.944. The maximum Gasteiger partial charge on any atom is 0.338 e. The van der Waals surface area contributed by atoms with E-state index in [0.29, 0.717) is 32.1 Å². The van der Waals surface area contributed by atoms with Gasteiger partial charge in [-0.05, 0) is 43.7 Å². The number of carbonyl (C=O) groups is 1. The molecule has 1 aliphatic heterocycles. The number of hydrogen-bond donors (Lipinski definition) is 0. The number of furan rings is 1. The molecule has 4 aromatic rings. The summed E-state index contributed by atoms with van der Waals surface area (Å²) in [5.74, 6) is 0.302. The lowest BCUT2D eigenvalue weighted by Gasteiger charge is -2.24. The van der Waals surface area contributed by atoms with Gasteiger partial charge in [0.25, 0.3) is 5.56 Å². The molecule has 2 aromatic carbocycles. The van der Waals surface area contributed by atoms with Gasteiger partial charge in [-0.25, -0.2) is 9.79 Å². The zero-order valence-corrected chi connectivity index (χ0v) is 22.9. The van der Waals surface area contributed by atoms with E-state index < -0.39 is 16.9 Å². The number of aromatic nitrogens is 1. The minimum absolute atomic E-state index is 0.0503. The summed E-state index contributed by atoms with van der Waals surface area (Å²) in [6.45, 7) is 3.56. The van der Waals surface area contributed by atoms with Crippen LogP contribution in [-0.4, -0.2) is 22.1 Å². The molecule has 0 bridgehead atoms. The number of nitro groups is 1. The zero-order valence-electron chi connectivity index (χ0n) is 21.3. The monoisotopic (exact) mass is 579 g/mol. The fourth-order valence-electron chi connectivity index (χ4n) is 4.33. The van der Waals surface area contributed by atoms with Crippen molar-refractivity contribution in [3.05, 3.63) is 124 Å². The van der Waals surface area contributed by atoms with Crippen LogP contribution in [0.2, 0.25) is 5.02 Å². The molecule has 204 valence electrons. The number of nitrogens with zero attached hydrogens (tertiary/aromatic N) is 3. The summed E-state index contributed by atoms with van der Waals surface area (Å²) in [5, 5.41) is 11.5. The first kappa shape index (κ1) is 27.1. The number of carbonyl (C=O) groups excluding carboxylic acids is 1. The summed E-state index contributed by atoms with van der Waals surface area (Å²) in [6.07, 6.45) is 1.59. The average Bonchev–Trinajstić information content (AvgIpc) is 3.51. The Bertz CT molecular complexity index is 1820. The van der Waals surface area contributed by atoms with Gasteiger partial charge in [0.1, 0.15) is 18.1 Å². The van der Waals surface area contributed by atoms with E-state index in [1.54, 1.807) is 32.1 Å². The van der Waals surface area contributed by atoms with E-state index in [1.807, 2.05) is 30.3 Å². The predicted molar refractivity (Wildman–Crippen MR) is 148 cm³/mol. The molecular formula is C28H22ClN3O7S. The number of thiazole rings is 1. The Morgan fingerprint density at radius 3 is 2.73 bits per heavy atom. The third-order valence-corrected chi connectivity index (χ3v) is 7.29. The highest BCUT2D eigenvalue weighted by Gasteiger charge is 2.33. The lowest BCUT2D eigenvalue weighted by molar-refractivity contribution is -0.385. The van der Waals surface area contributed by atoms with E-state index in [-0.39, 0.29) is 35.2 Å². The first-order chi connectivity index (χ1) is 19.3. The smallest absolute Gasteiger partial charge is 0.338 e. The number of fused-ring (bicyclic) bond motifs is 1. The third kappa shape index (κ3) is 5.33. The van der Waals surface area contributed by atoms with Crippen LogP contribution in [0.1, 0.15) is 37.0 Å². The molecule has 3 heterocycles.